The van der Waals surface area contributed by atoms with Crippen LogP contribution in [-0.2, 0) is 21.4 Å². The van der Waals surface area contributed by atoms with Crippen LogP contribution >= 0.6 is 27.3 Å². The summed E-state index contributed by atoms with van der Waals surface area (Å²) >= 11 is 4.07. The Bertz CT molecular complexity index is 1180. The second-order valence-electron chi connectivity index (χ2n) is 6.03. The molecule has 11 heteroatoms. The molecule has 0 saturated carbocycles. The standard InChI is InChI=1S/C19H16BrN3O5S2/c1-12(25)22-19-21-9-18(29-19)30(26,27)23-16-8-15(20)14(10-24)7-17(16)28-11-13-5-3-2-4-6-13/h2-10,23H,11H2,1H3,(H,21,22,25). The number of anilines is 2. The van der Waals surface area contributed by atoms with Gasteiger partial charge in [-0.25, -0.2) is 13.4 Å². The van der Waals surface area contributed by atoms with Crippen LogP contribution in [0.5, 0.6) is 5.75 Å². The Balaban J connectivity index is 1.89. The molecule has 0 bridgehead atoms. The van der Waals surface area contributed by atoms with Gasteiger partial charge in [0.25, 0.3) is 10.0 Å². The molecule has 0 fully saturated rings. The van der Waals surface area contributed by atoms with Gasteiger partial charge in [0, 0.05) is 17.0 Å². The second kappa shape index (κ2) is 9.37. The van der Waals surface area contributed by atoms with Crippen molar-refractivity contribution in [2.75, 3.05) is 10.0 Å². The lowest BCUT2D eigenvalue weighted by Gasteiger charge is -2.15. The maximum absolute atomic E-state index is 12.8. The van der Waals surface area contributed by atoms with Crippen molar-refractivity contribution in [2.24, 2.45) is 0 Å². The number of carbonyl (C=O) groups is 2. The zero-order valence-electron chi connectivity index (χ0n) is 15.6. The van der Waals surface area contributed by atoms with Crippen molar-refractivity contribution in [1.29, 1.82) is 0 Å². The molecule has 0 atom stereocenters. The number of aldehydes is 1. The highest BCUT2D eigenvalue weighted by Gasteiger charge is 2.21. The molecule has 30 heavy (non-hydrogen) atoms. The van der Waals surface area contributed by atoms with Crippen LogP contribution in [0.3, 0.4) is 0 Å². The summed E-state index contributed by atoms with van der Waals surface area (Å²) in [5.74, 6) is -0.162. The molecule has 0 aliphatic rings. The maximum atomic E-state index is 12.8. The summed E-state index contributed by atoms with van der Waals surface area (Å²) in [4.78, 5) is 26.3. The number of hydrogen-bond donors (Lipinski definition) is 2. The number of aromatic nitrogens is 1. The van der Waals surface area contributed by atoms with Gasteiger partial charge in [0.2, 0.25) is 5.91 Å². The third-order valence-corrected chi connectivity index (χ3v) is 7.17. The summed E-state index contributed by atoms with van der Waals surface area (Å²) in [5, 5.41) is 2.61. The van der Waals surface area contributed by atoms with Crippen molar-refractivity contribution >= 4 is 60.3 Å². The number of carbonyl (C=O) groups excluding carboxylic acids is 2. The van der Waals surface area contributed by atoms with E-state index in [9.17, 15) is 18.0 Å². The van der Waals surface area contributed by atoms with Gasteiger partial charge in [0.05, 0.1) is 11.9 Å². The molecule has 2 N–H and O–H groups in total. The molecule has 0 aliphatic carbocycles. The smallest absolute Gasteiger partial charge is 0.273 e. The number of rotatable bonds is 8. The topological polar surface area (TPSA) is 114 Å². The fourth-order valence-electron chi connectivity index (χ4n) is 2.38. The molecule has 0 spiro atoms. The molecule has 0 unspecified atom stereocenters. The van der Waals surface area contributed by atoms with Crippen LogP contribution in [0, 0.1) is 0 Å². The molecule has 0 saturated heterocycles. The van der Waals surface area contributed by atoms with Crippen molar-refractivity contribution in [3.8, 4) is 5.75 Å². The van der Waals surface area contributed by atoms with Gasteiger partial charge in [-0.15, -0.1) is 0 Å². The molecular weight excluding hydrogens is 494 g/mol. The molecule has 156 valence electrons. The van der Waals surface area contributed by atoms with Gasteiger partial charge in [-0.1, -0.05) is 41.7 Å². The molecular formula is C19H16BrN3O5S2. The van der Waals surface area contributed by atoms with Crippen LogP contribution in [0.1, 0.15) is 22.8 Å². The summed E-state index contributed by atoms with van der Waals surface area (Å²) in [6, 6.07) is 12.2. The number of nitrogens with one attached hydrogen (secondary N) is 2. The SMILES string of the molecule is CC(=O)Nc1ncc(S(=O)(=O)Nc2cc(Br)c(C=O)cc2OCc2ccccc2)s1. The monoisotopic (exact) mass is 509 g/mol. The summed E-state index contributed by atoms with van der Waals surface area (Å²) in [6.07, 6.45) is 1.79. The van der Waals surface area contributed by atoms with Crippen molar-refractivity contribution in [2.45, 2.75) is 17.7 Å². The third-order valence-electron chi connectivity index (χ3n) is 3.74. The van der Waals surface area contributed by atoms with Gasteiger partial charge >= 0.3 is 0 Å². The van der Waals surface area contributed by atoms with Crippen LogP contribution < -0.4 is 14.8 Å². The minimum atomic E-state index is -4.00. The summed E-state index contributed by atoms with van der Waals surface area (Å²) in [5.41, 5.74) is 1.34. The Morgan fingerprint density at radius 3 is 2.67 bits per heavy atom. The minimum Gasteiger partial charge on any atom is -0.487 e. The van der Waals surface area contributed by atoms with Crippen LogP contribution in [0.2, 0.25) is 0 Å². The van der Waals surface area contributed by atoms with Crippen molar-refractivity contribution in [3.05, 3.63) is 64.3 Å². The number of hydrogen-bond acceptors (Lipinski definition) is 7. The first-order valence-corrected chi connectivity index (χ1v) is 11.6. The fraction of sp³-hybridized carbons (Fsp3) is 0.105. The van der Waals surface area contributed by atoms with Crippen LogP contribution in [-0.4, -0.2) is 25.6 Å². The molecule has 0 radical (unpaired) electrons. The molecule has 2 aromatic carbocycles. The fourth-order valence-corrected chi connectivity index (χ4v) is 4.96. The molecule has 0 aliphatic heterocycles. The zero-order valence-corrected chi connectivity index (χ0v) is 18.8. The van der Waals surface area contributed by atoms with E-state index >= 15 is 0 Å². The molecule has 1 amide bonds. The predicted octanol–water partition coefficient (Wildman–Crippen LogP) is 4.06. The number of ether oxygens (including phenoxy) is 1. The zero-order chi connectivity index (χ0) is 21.7. The van der Waals surface area contributed by atoms with E-state index < -0.39 is 10.0 Å². The van der Waals surface area contributed by atoms with Crippen LogP contribution in [0.4, 0.5) is 10.8 Å². The van der Waals surface area contributed by atoms with E-state index in [-0.39, 0.29) is 33.3 Å². The number of benzene rings is 2. The number of halogens is 1. The van der Waals surface area contributed by atoms with Gasteiger partial charge < -0.3 is 10.1 Å². The van der Waals surface area contributed by atoms with Gasteiger partial charge in [-0.3, -0.25) is 14.3 Å². The Morgan fingerprint density at radius 2 is 2.00 bits per heavy atom. The van der Waals surface area contributed by atoms with E-state index in [2.05, 4.69) is 31.0 Å². The Labute approximate surface area is 185 Å². The number of thiazole rings is 1. The lowest BCUT2D eigenvalue weighted by atomic mass is 10.2. The number of sulfonamides is 1. The molecule has 8 nitrogen and oxygen atoms in total. The maximum Gasteiger partial charge on any atom is 0.273 e. The van der Waals surface area contributed by atoms with Gasteiger partial charge in [0.1, 0.15) is 12.4 Å². The lowest BCUT2D eigenvalue weighted by molar-refractivity contribution is -0.114. The average molecular weight is 510 g/mol. The second-order valence-corrected chi connectivity index (χ2v) is 9.83. The lowest BCUT2D eigenvalue weighted by Crippen LogP contribution is -2.13. The van der Waals surface area contributed by atoms with E-state index in [4.69, 9.17) is 4.74 Å². The molecule has 3 aromatic rings. The predicted molar refractivity (Wildman–Crippen MR) is 118 cm³/mol. The van der Waals surface area contributed by atoms with Gasteiger partial charge in [-0.2, -0.15) is 0 Å². The summed E-state index contributed by atoms with van der Waals surface area (Å²) < 4.78 is 34.2. The van der Waals surface area contributed by atoms with Crippen LogP contribution in [0.25, 0.3) is 0 Å². The van der Waals surface area contributed by atoms with E-state index in [1.54, 1.807) is 0 Å². The quantitative estimate of drug-likeness (QED) is 0.442. The highest BCUT2D eigenvalue weighted by atomic mass is 79.9. The number of amides is 1. The highest BCUT2D eigenvalue weighted by Crippen LogP contribution is 2.34. The van der Waals surface area contributed by atoms with Crippen molar-refractivity contribution < 1.29 is 22.7 Å². The largest absolute Gasteiger partial charge is 0.487 e. The Hall–Kier alpha value is -2.76. The first kappa shape index (κ1) is 21.9. The van der Waals surface area contributed by atoms with E-state index in [1.807, 2.05) is 30.3 Å². The first-order valence-electron chi connectivity index (χ1n) is 8.50. The minimum absolute atomic E-state index is 0.0872. The average Bonchev–Trinajstić information content (AvgIpc) is 3.17. The molecule has 3 rings (SSSR count). The van der Waals surface area contributed by atoms with Gasteiger partial charge in [-0.05, 0) is 33.6 Å². The molecule has 1 heterocycles. The van der Waals surface area contributed by atoms with Crippen molar-refractivity contribution in [1.82, 2.24) is 4.98 Å². The van der Waals surface area contributed by atoms with E-state index in [0.717, 1.165) is 23.1 Å². The highest BCUT2D eigenvalue weighted by molar-refractivity contribution is 9.10. The van der Waals surface area contributed by atoms with Crippen molar-refractivity contribution in [3.63, 3.8) is 0 Å². The third kappa shape index (κ3) is 5.43. The summed E-state index contributed by atoms with van der Waals surface area (Å²) in [7, 11) is -4.00. The van der Waals surface area contributed by atoms with Crippen LogP contribution in [0.15, 0.2) is 57.3 Å². The van der Waals surface area contributed by atoms with E-state index in [1.165, 1.54) is 19.1 Å². The first-order chi connectivity index (χ1) is 14.3. The normalized spacial score (nSPS) is 11.0. The van der Waals surface area contributed by atoms with Gasteiger partial charge in [0.15, 0.2) is 15.6 Å². The number of nitrogens with zero attached hydrogens (tertiary/aromatic N) is 1. The van der Waals surface area contributed by atoms with E-state index in [0.29, 0.717) is 16.3 Å². The summed E-state index contributed by atoms with van der Waals surface area (Å²) in [6.45, 7) is 1.49. The Kier molecular flexibility index (Phi) is 6.85. The Morgan fingerprint density at radius 1 is 1.27 bits per heavy atom. The molecule has 1 aromatic heterocycles.